The molecule has 41 heavy (non-hydrogen) atoms. The lowest BCUT2D eigenvalue weighted by molar-refractivity contribution is -0.142. The van der Waals surface area contributed by atoms with E-state index in [0.29, 0.717) is 17.4 Å². The van der Waals surface area contributed by atoms with Gasteiger partial charge in [0.25, 0.3) is 11.8 Å². The topological polar surface area (TPSA) is 117 Å². The van der Waals surface area contributed by atoms with Gasteiger partial charge in [-0.1, -0.05) is 6.92 Å². The molecule has 3 fully saturated rings. The molecule has 3 saturated heterocycles. The summed E-state index contributed by atoms with van der Waals surface area (Å²) in [6.45, 7) is 1.24. The van der Waals surface area contributed by atoms with E-state index < -0.39 is 65.7 Å². The van der Waals surface area contributed by atoms with Crippen LogP contribution in [0.15, 0.2) is 12.3 Å². The predicted octanol–water partition coefficient (Wildman–Crippen LogP) is 4.23. The Morgan fingerprint density at radius 1 is 1.15 bits per heavy atom. The summed E-state index contributed by atoms with van der Waals surface area (Å²) in [7, 11) is 0. The Kier molecular flexibility index (Phi) is 7.93. The van der Waals surface area contributed by atoms with E-state index in [0.717, 1.165) is 31.9 Å². The zero-order valence-corrected chi connectivity index (χ0v) is 22.5. The maximum atomic E-state index is 14.3. The molecule has 0 aliphatic carbocycles. The van der Waals surface area contributed by atoms with Gasteiger partial charge in [0, 0.05) is 23.8 Å². The maximum Gasteiger partial charge on any atom is 0.417 e. The van der Waals surface area contributed by atoms with E-state index in [1.807, 2.05) is 5.32 Å². The first kappa shape index (κ1) is 29.5. The molecule has 9 nitrogen and oxygen atoms in total. The summed E-state index contributed by atoms with van der Waals surface area (Å²) in [6.07, 6.45) is -7.48. The highest BCUT2D eigenvalue weighted by Crippen LogP contribution is 2.44. The third kappa shape index (κ3) is 5.86. The van der Waals surface area contributed by atoms with Gasteiger partial charge in [0.05, 0.1) is 35.8 Å². The first-order valence-corrected chi connectivity index (χ1v) is 13.9. The average Bonchev–Trinajstić information content (AvgIpc) is 3.70. The molecule has 224 valence electrons. The minimum absolute atomic E-state index is 0.0102. The van der Waals surface area contributed by atoms with E-state index in [2.05, 4.69) is 15.3 Å². The fraction of sp³-hybridized carbons (Fsp3) is 0.600. The maximum absolute atomic E-state index is 14.3. The van der Waals surface area contributed by atoms with Gasteiger partial charge in [-0.05, 0) is 38.2 Å². The van der Waals surface area contributed by atoms with E-state index >= 15 is 0 Å². The van der Waals surface area contributed by atoms with Crippen molar-refractivity contribution in [3.8, 4) is 10.4 Å². The molecule has 2 bridgehead atoms. The van der Waals surface area contributed by atoms with Crippen molar-refractivity contribution in [3.05, 3.63) is 28.5 Å². The number of pyridine rings is 1. The molecule has 0 saturated carbocycles. The predicted molar refractivity (Wildman–Crippen MR) is 134 cm³/mol. The number of carbonyl (C=O) groups excluding carboxylic acids is 2. The van der Waals surface area contributed by atoms with Crippen LogP contribution in [0.2, 0.25) is 0 Å². The lowest BCUT2D eigenvalue weighted by Crippen LogP contribution is -2.42. The van der Waals surface area contributed by atoms with Crippen LogP contribution in [0.5, 0.6) is 0 Å². The molecule has 3 aliphatic heterocycles. The SMILES string of the molecule is CC[C@H](Nc1cc(C(F)(F)F)c(-c2sc(C(=O)N[C@@H]3COC[C@H]3O)nc2C(=O)N2[C@H]3CC[C@@H]2CC3)cn1)C(F)(F)F. The second kappa shape index (κ2) is 11.0. The Labute approximate surface area is 234 Å². The number of aliphatic hydroxyl groups is 1. The van der Waals surface area contributed by atoms with Gasteiger partial charge >= 0.3 is 12.4 Å². The highest BCUT2D eigenvalue weighted by atomic mass is 32.1. The number of carbonyl (C=O) groups is 2. The number of rotatable bonds is 7. The van der Waals surface area contributed by atoms with Gasteiger partial charge in [-0.2, -0.15) is 26.3 Å². The summed E-state index contributed by atoms with van der Waals surface area (Å²) in [5.41, 5.74) is -2.28. The molecule has 3 aliphatic rings. The summed E-state index contributed by atoms with van der Waals surface area (Å²) in [5, 5.41) is 14.2. The molecule has 0 unspecified atom stereocenters. The van der Waals surface area contributed by atoms with Crippen molar-refractivity contribution in [1.29, 1.82) is 0 Å². The summed E-state index contributed by atoms with van der Waals surface area (Å²) >= 11 is 0.541. The number of hydrogen-bond acceptors (Lipinski definition) is 8. The van der Waals surface area contributed by atoms with Crippen LogP contribution in [-0.4, -0.2) is 81.5 Å². The molecule has 0 radical (unpaired) electrons. The third-order valence-electron chi connectivity index (χ3n) is 7.66. The van der Waals surface area contributed by atoms with Crippen LogP contribution in [-0.2, 0) is 10.9 Å². The van der Waals surface area contributed by atoms with Crippen molar-refractivity contribution < 1.29 is 45.8 Å². The number of thiazole rings is 1. The summed E-state index contributed by atoms with van der Waals surface area (Å²) < 4.78 is 87.8. The molecule has 3 atom stereocenters. The Morgan fingerprint density at radius 2 is 1.80 bits per heavy atom. The second-order valence-corrected chi connectivity index (χ2v) is 11.3. The highest BCUT2D eigenvalue weighted by Gasteiger charge is 2.45. The number of anilines is 1. The zero-order chi connectivity index (χ0) is 29.7. The van der Waals surface area contributed by atoms with Crippen molar-refractivity contribution >= 4 is 29.0 Å². The number of amides is 2. The Morgan fingerprint density at radius 3 is 2.34 bits per heavy atom. The Bertz CT molecular complexity index is 1300. The smallest absolute Gasteiger partial charge is 0.388 e. The number of fused-ring (bicyclic) bond motifs is 2. The molecule has 3 N–H and O–H groups in total. The van der Waals surface area contributed by atoms with Crippen molar-refractivity contribution in [2.45, 2.75) is 81.7 Å². The number of ether oxygens (including phenoxy) is 1. The van der Waals surface area contributed by atoms with Gasteiger partial charge in [-0.25, -0.2) is 9.97 Å². The second-order valence-electron chi connectivity index (χ2n) is 10.3. The lowest BCUT2D eigenvalue weighted by Gasteiger charge is -2.23. The number of alkyl halides is 6. The van der Waals surface area contributed by atoms with Crippen LogP contribution in [0.25, 0.3) is 10.4 Å². The average molecular weight is 608 g/mol. The van der Waals surface area contributed by atoms with Crippen LogP contribution < -0.4 is 10.6 Å². The molecule has 5 rings (SSSR count). The normalized spacial score (nSPS) is 25.0. The molecule has 0 spiro atoms. The van der Waals surface area contributed by atoms with Crippen LogP contribution >= 0.6 is 11.3 Å². The van der Waals surface area contributed by atoms with E-state index in [-0.39, 0.29) is 40.9 Å². The fourth-order valence-corrected chi connectivity index (χ4v) is 6.55. The molecule has 16 heteroatoms. The molecule has 0 aromatic carbocycles. The largest absolute Gasteiger partial charge is 0.417 e. The van der Waals surface area contributed by atoms with Gasteiger partial charge in [0.1, 0.15) is 17.6 Å². The highest BCUT2D eigenvalue weighted by molar-refractivity contribution is 7.17. The lowest BCUT2D eigenvalue weighted by atomic mass is 10.0. The van der Waals surface area contributed by atoms with Crippen molar-refractivity contribution in [3.63, 3.8) is 0 Å². The van der Waals surface area contributed by atoms with Crippen molar-refractivity contribution in [2.24, 2.45) is 0 Å². The number of nitrogens with zero attached hydrogens (tertiary/aromatic N) is 3. The van der Waals surface area contributed by atoms with Crippen molar-refractivity contribution in [1.82, 2.24) is 20.2 Å². The van der Waals surface area contributed by atoms with Gasteiger partial charge in [-0.3, -0.25) is 9.59 Å². The summed E-state index contributed by atoms with van der Waals surface area (Å²) in [5.74, 6) is -2.08. The molecule has 2 aromatic rings. The van der Waals surface area contributed by atoms with E-state index in [1.165, 1.54) is 6.92 Å². The van der Waals surface area contributed by atoms with E-state index in [1.54, 1.807) is 4.90 Å². The fourth-order valence-electron chi connectivity index (χ4n) is 5.57. The summed E-state index contributed by atoms with van der Waals surface area (Å²) in [6, 6.07) is -2.63. The van der Waals surface area contributed by atoms with Gasteiger partial charge < -0.3 is 25.4 Å². The third-order valence-corrected chi connectivity index (χ3v) is 8.75. The quantitative estimate of drug-likeness (QED) is 0.404. The summed E-state index contributed by atoms with van der Waals surface area (Å²) in [4.78, 5) is 36.0. The van der Waals surface area contributed by atoms with Gasteiger partial charge in [-0.15, -0.1) is 11.3 Å². The molecular weight excluding hydrogens is 580 g/mol. The van der Waals surface area contributed by atoms with Gasteiger partial charge in [0.2, 0.25) is 0 Å². The number of nitrogens with one attached hydrogen (secondary N) is 2. The molecule has 2 aromatic heterocycles. The first-order chi connectivity index (χ1) is 19.3. The van der Waals surface area contributed by atoms with Crippen LogP contribution in [0.4, 0.5) is 32.2 Å². The number of aromatic nitrogens is 2. The monoisotopic (exact) mass is 607 g/mol. The Balaban J connectivity index is 1.56. The minimum atomic E-state index is -5.04. The molecule has 2 amide bonds. The van der Waals surface area contributed by atoms with Gasteiger partial charge in [0.15, 0.2) is 5.01 Å². The zero-order valence-electron chi connectivity index (χ0n) is 21.7. The van der Waals surface area contributed by atoms with Crippen LogP contribution in [0.3, 0.4) is 0 Å². The molecular formula is C25H27F6N5O4S. The van der Waals surface area contributed by atoms with E-state index in [9.17, 15) is 41.0 Å². The molecule has 5 heterocycles. The first-order valence-electron chi connectivity index (χ1n) is 13.1. The Hall–Kier alpha value is -2.98. The number of aliphatic hydroxyl groups excluding tert-OH is 1. The standard InChI is InChI=1S/C25H27F6N5O4S/c1-2-17(25(29,30)31)34-18-7-14(24(26,27)28)13(8-32-18)20-19(23(39)36-11-3-4-12(36)6-5-11)35-22(41-20)21(38)33-15-9-40-10-16(15)37/h7-8,11-12,15-17,37H,2-6,9-10H2,1H3,(H,32,34)(H,33,38)/t11-,12+,15-,16-,17+/m1/s1. The van der Waals surface area contributed by atoms with Crippen molar-refractivity contribution in [2.75, 3.05) is 18.5 Å². The number of halogens is 6. The van der Waals surface area contributed by atoms with E-state index in [4.69, 9.17) is 4.74 Å². The minimum Gasteiger partial charge on any atom is -0.388 e. The number of hydrogen-bond donors (Lipinski definition) is 3. The van der Waals surface area contributed by atoms with Crippen LogP contribution in [0.1, 0.15) is 64.9 Å². The van der Waals surface area contributed by atoms with Crippen LogP contribution in [0, 0.1) is 0 Å².